The van der Waals surface area contributed by atoms with Crippen molar-refractivity contribution in [2.45, 2.75) is 0 Å². The molecule has 0 spiro atoms. The maximum atomic E-state index is 6.32. The van der Waals surface area contributed by atoms with E-state index in [0.717, 1.165) is 71.9 Å². The predicted molar refractivity (Wildman–Crippen MR) is 212 cm³/mol. The molecule has 0 saturated carbocycles. The summed E-state index contributed by atoms with van der Waals surface area (Å²) in [4.78, 5) is 10.4. The molecule has 0 radical (unpaired) electrons. The average molecular weight is 651 g/mol. The van der Waals surface area contributed by atoms with E-state index >= 15 is 0 Å². The molecule has 3 nitrogen and oxygen atoms in total. The molecule has 0 aliphatic carbocycles. The monoisotopic (exact) mass is 650 g/mol. The lowest BCUT2D eigenvalue weighted by molar-refractivity contribution is 0.669. The number of nitrogens with zero attached hydrogens (tertiary/aromatic N) is 2. The molecule has 10 aromatic rings. The number of hydrogen-bond donors (Lipinski definition) is 0. The second-order valence-corrected chi connectivity index (χ2v) is 13.0. The minimum Gasteiger partial charge on any atom is -0.456 e. The molecule has 0 saturated heterocycles. The van der Waals surface area contributed by atoms with Crippen molar-refractivity contribution in [2.24, 2.45) is 0 Å². The molecule has 0 N–H and O–H groups in total. The number of benzene rings is 8. The Labute approximate surface area is 295 Å². The maximum Gasteiger partial charge on any atom is 0.161 e. The summed E-state index contributed by atoms with van der Waals surface area (Å²) in [6, 6.07) is 63.9. The lowest BCUT2D eigenvalue weighted by atomic mass is 9.93. The molecule has 8 aromatic carbocycles. The van der Waals surface area contributed by atoms with E-state index in [-0.39, 0.29) is 0 Å². The fourth-order valence-electron chi connectivity index (χ4n) is 7.31. The van der Waals surface area contributed by atoms with Gasteiger partial charge >= 0.3 is 0 Å². The first-order valence-corrected chi connectivity index (χ1v) is 17.2. The standard InChI is InChI=1S/C48H30N2O/c1-3-11-31(12-4-1)32-19-21-34(22-20-32)45-30-44(33-13-5-2-6-14-33)49-48(50-45)41-25-24-38(39-17-9-10-18-40(39)41)37-23-26-46-42(28-37)43-27-35-15-7-8-16-36(35)29-47(43)51-46/h1-30H. The third-order valence-electron chi connectivity index (χ3n) is 9.90. The molecule has 0 bridgehead atoms. The number of furan rings is 1. The van der Waals surface area contributed by atoms with E-state index < -0.39 is 0 Å². The van der Waals surface area contributed by atoms with Crippen molar-refractivity contribution < 1.29 is 4.42 Å². The Morgan fingerprint density at radius 2 is 0.824 bits per heavy atom. The van der Waals surface area contributed by atoms with Crippen LogP contribution in [0.3, 0.4) is 0 Å². The molecule has 238 valence electrons. The van der Waals surface area contributed by atoms with Crippen molar-refractivity contribution in [3.63, 3.8) is 0 Å². The fraction of sp³-hybridized carbons (Fsp3) is 0. The van der Waals surface area contributed by atoms with Crippen molar-refractivity contribution in [3.8, 4) is 56.2 Å². The van der Waals surface area contributed by atoms with Crippen molar-refractivity contribution >= 4 is 43.5 Å². The fourth-order valence-corrected chi connectivity index (χ4v) is 7.31. The summed E-state index contributed by atoms with van der Waals surface area (Å²) < 4.78 is 6.32. The predicted octanol–water partition coefficient (Wildman–Crippen LogP) is 13.0. The molecule has 10 rings (SSSR count). The van der Waals surface area contributed by atoms with Crippen LogP contribution < -0.4 is 0 Å². The normalized spacial score (nSPS) is 11.5. The zero-order valence-corrected chi connectivity index (χ0v) is 27.6. The van der Waals surface area contributed by atoms with E-state index in [1.807, 2.05) is 12.1 Å². The SMILES string of the molecule is c1ccc(-c2ccc(-c3cc(-c4ccccc4)nc(-c4ccc(-c5ccc6oc7cc8ccccc8cc7c6c5)c5ccccc45)n3)cc2)cc1. The van der Waals surface area contributed by atoms with E-state index in [1.54, 1.807) is 0 Å². The van der Waals surface area contributed by atoms with E-state index in [4.69, 9.17) is 14.4 Å². The molecule has 0 amide bonds. The second kappa shape index (κ2) is 11.9. The first kappa shape index (κ1) is 29.1. The van der Waals surface area contributed by atoms with Gasteiger partial charge in [-0.05, 0) is 80.2 Å². The maximum absolute atomic E-state index is 6.32. The molecule has 0 fully saturated rings. The van der Waals surface area contributed by atoms with E-state index in [0.29, 0.717) is 5.82 Å². The molecule has 2 aromatic heterocycles. The highest BCUT2D eigenvalue weighted by molar-refractivity contribution is 6.12. The van der Waals surface area contributed by atoms with Crippen molar-refractivity contribution in [3.05, 3.63) is 182 Å². The van der Waals surface area contributed by atoms with Gasteiger partial charge in [-0.2, -0.15) is 0 Å². The van der Waals surface area contributed by atoms with Gasteiger partial charge in [0.2, 0.25) is 0 Å². The van der Waals surface area contributed by atoms with Crippen LogP contribution in [-0.4, -0.2) is 9.97 Å². The van der Waals surface area contributed by atoms with Gasteiger partial charge in [0.25, 0.3) is 0 Å². The van der Waals surface area contributed by atoms with Gasteiger partial charge in [-0.25, -0.2) is 9.97 Å². The van der Waals surface area contributed by atoms with Gasteiger partial charge in [-0.3, -0.25) is 0 Å². The summed E-state index contributed by atoms with van der Waals surface area (Å²) in [7, 11) is 0. The Morgan fingerprint density at radius 3 is 1.55 bits per heavy atom. The zero-order valence-electron chi connectivity index (χ0n) is 27.6. The minimum absolute atomic E-state index is 0.699. The third-order valence-corrected chi connectivity index (χ3v) is 9.90. The van der Waals surface area contributed by atoms with Crippen LogP contribution in [0.2, 0.25) is 0 Å². The van der Waals surface area contributed by atoms with Crippen LogP contribution in [0.25, 0.3) is 99.6 Å². The van der Waals surface area contributed by atoms with Crippen LogP contribution >= 0.6 is 0 Å². The summed E-state index contributed by atoms with van der Waals surface area (Å²) in [5, 5.41) is 6.88. The Kier molecular flexibility index (Phi) is 6.81. The molecule has 0 atom stereocenters. The van der Waals surface area contributed by atoms with Gasteiger partial charge < -0.3 is 4.42 Å². The number of fused-ring (bicyclic) bond motifs is 5. The first-order valence-electron chi connectivity index (χ1n) is 17.2. The quantitative estimate of drug-likeness (QED) is 0.186. The Morgan fingerprint density at radius 1 is 0.314 bits per heavy atom. The highest BCUT2D eigenvalue weighted by Crippen LogP contribution is 2.39. The second-order valence-electron chi connectivity index (χ2n) is 13.0. The number of hydrogen-bond acceptors (Lipinski definition) is 3. The van der Waals surface area contributed by atoms with Gasteiger partial charge in [0, 0.05) is 27.5 Å². The van der Waals surface area contributed by atoms with Crippen LogP contribution in [0.5, 0.6) is 0 Å². The first-order chi connectivity index (χ1) is 25.2. The molecule has 0 unspecified atom stereocenters. The summed E-state index contributed by atoms with van der Waals surface area (Å²) in [5.41, 5.74) is 11.3. The molecule has 51 heavy (non-hydrogen) atoms. The Balaban J connectivity index is 1.12. The van der Waals surface area contributed by atoms with Crippen LogP contribution in [0, 0.1) is 0 Å². The zero-order chi connectivity index (χ0) is 33.7. The van der Waals surface area contributed by atoms with E-state index in [9.17, 15) is 0 Å². The summed E-state index contributed by atoms with van der Waals surface area (Å²) >= 11 is 0. The van der Waals surface area contributed by atoms with Crippen LogP contribution in [0.15, 0.2) is 186 Å². The minimum atomic E-state index is 0.699. The van der Waals surface area contributed by atoms with Gasteiger partial charge in [0.15, 0.2) is 5.82 Å². The van der Waals surface area contributed by atoms with Gasteiger partial charge in [0.1, 0.15) is 11.2 Å². The topological polar surface area (TPSA) is 38.9 Å². The largest absolute Gasteiger partial charge is 0.456 e. The number of aromatic nitrogens is 2. The molecule has 2 heterocycles. The molecule has 3 heteroatoms. The summed E-state index contributed by atoms with van der Waals surface area (Å²) in [5.74, 6) is 0.699. The molecule has 0 aliphatic rings. The third kappa shape index (κ3) is 5.15. The molecular weight excluding hydrogens is 621 g/mol. The highest BCUT2D eigenvalue weighted by Gasteiger charge is 2.17. The summed E-state index contributed by atoms with van der Waals surface area (Å²) in [6.07, 6.45) is 0. The van der Waals surface area contributed by atoms with Crippen LogP contribution in [0.4, 0.5) is 0 Å². The molecular formula is C48H30N2O. The molecule has 0 aliphatic heterocycles. The highest BCUT2D eigenvalue weighted by atomic mass is 16.3. The van der Waals surface area contributed by atoms with E-state index in [1.165, 1.54) is 21.9 Å². The number of rotatable bonds is 5. The lowest BCUT2D eigenvalue weighted by Crippen LogP contribution is -1.97. The van der Waals surface area contributed by atoms with E-state index in [2.05, 4.69) is 170 Å². The van der Waals surface area contributed by atoms with Gasteiger partial charge in [-0.1, -0.05) is 146 Å². The summed E-state index contributed by atoms with van der Waals surface area (Å²) in [6.45, 7) is 0. The Hall–Kier alpha value is -6.84. The van der Waals surface area contributed by atoms with Crippen molar-refractivity contribution in [1.29, 1.82) is 0 Å². The smallest absolute Gasteiger partial charge is 0.161 e. The average Bonchev–Trinajstić information content (AvgIpc) is 3.56. The van der Waals surface area contributed by atoms with Crippen molar-refractivity contribution in [1.82, 2.24) is 9.97 Å². The van der Waals surface area contributed by atoms with Crippen molar-refractivity contribution in [2.75, 3.05) is 0 Å². The Bertz CT molecular complexity index is 2890. The van der Waals surface area contributed by atoms with Gasteiger partial charge in [-0.15, -0.1) is 0 Å². The lowest BCUT2D eigenvalue weighted by Gasteiger charge is -2.14. The van der Waals surface area contributed by atoms with Crippen LogP contribution in [-0.2, 0) is 0 Å². The van der Waals surface area contributed by atoms with Crippen LogP contribution in [0.1, 0.15) is 0 Å². The van der Waals surface area contributed by atoms with Gasteiger partial charge in [0.05, 0.1) is 11.4 Å².